The first-order valence-corrected chi connectivity index (χ1v) is 6.16. The van der Waals surface area contributed by atoms with Crippen molar-refractivity contribution in [1.82, 2.24) is 0 Å². The van der Waals surface area contributed by atoms with Crippen molar-refractivity contribution in [3.05, 3.63) is 18.2 Å². The Kier molecular flexibility index (Phi) is 3.54. The van der Waals surface area contributed by atoms with Crippen LogP contribution in [-0.4, -0.2) is 15.0 Å². The molecular formula is C9H15N3O2S. The quantitative estimate of drug-likeness (QED) is 0.663. The molecule has 0 fully saturated rings. The summed E-state index contributed by atoms with van der Waals surface area (Å²) < 4.78 is 22.1. The van der Waals surface area contributed by atoms with Gasteiger partial charge in [0, 0.05) is 12.2 Å². The molecule has 0 aliphatic carbocycles. The van der Waals surface area contributed by atoms with Gasteiger partial charge in [0.15, 0.2) is 0 Å². The van der Waals surface area contributed by atoms with Crippen molar-refractivity contribution in [1.29, 1.82) is 0 Å². The van der Waals surface area contributed by atoms with Gasteiger partial charge < -0.3 is 11.1 Å². The summed E-state index contributed by atoms with van der Waals surface area (Å²) in [5.74, 6) is 0. The van der Waals surface area contributed by atoms with Crippen LogP contribution in [0.5, 0.6) is 0 Å². The van der Waals surface area contributed by atoms with E-state index in [0.717, 1.165) is 18.7 Å². The lowest BCUT2D eigenvalue weighted by atomic mass is 10.3. The number of nitrogens with one attached hydrogen (secondary N) is 1. The molecule has 0 unspecified atom stereocenters. The Morgan fingerprint density at radius 1 is 1.40 bits per heavy atom. The first-order valence-electron chi connectivity index (χ1n) is 4.61. The predicted molar refractivity (Wildman–Crippen MR) is 61.0 cm³/mol. The summed E-state index contributed by atoms with van der Waals surface area (Å²) in [4.78, 5) is -0.0375. The summed E-state index contributed by atoms with van der Waals surface area (Å²) in [7, 11) is -3.72. The highest BCUT2D eigenvalue weighted by atomic mass is 32.2. The molecule has 1 rings (SSSR count). The Hall–Kier alpha value is -1.27. The Morgan fingerprint density at radius 3 is 2.53 bits per heavy atom. The minimum atomic E-state index is -3.72. The normalized spacial score (nSPS) is 11.3. The van der Waals surface area contributed by atoms with E-state index in [0.29, 0.717) is 0 Å². The molecule has 0 radical (unpaired) electrons. The van der Waals surface area contributed by atoms with Crippen LogP contribution in [0.2, 0.25) is 0 Å². The molecule has 5 nitrogen and oxygen atoms in total. The van der Waals surface area contributed by atoms with Crippen LogP contribution in [0, 0.1) is 0 Å². The SMILES string of the molecule is CCCNc1ccc(S(N)(=O)=O)c(N)c1. The molecule has 1 aromatic carbocycles. The summed E-state index contributed by atoms with van der Waals surface area (Å²) in [6.07, 6.45) is 0.983. The second-order valence-electron chi connectivity index (χ2n) is 3.22. The van der Waals surface area contributed by atoms with Crippen LogP contribution in [0.1, 0.15) is 13.3 Å². The number of nitrogens with two attached hydrogens (primary N) is 2. The molecule has 0 amide bonds. The summed E-state index contributed by atoms with van der Waals surface area (Å²) >= 11 is 0. The molecule has 0 saturated carbocycles. The fraction of sp³-hybridized carbons (Fsp3) is 0.333. The maximum absolute atomic E-state index is 11.1. The van der Waals surface area contributed by atoms with Crippen LogP contribution in [-0.2, 0) is 10.0 Å². The smallest absolute Gasteiger partial charge is 0.240 e. The van der Waals surface area contributed by atoms with E-state index in [-0.39, 0.29) is 10.6 Å². The molecule has 84 valence electrons. The first kappa shape index (κ1) is 11.8. The molecule has 0 heterocycles. The monoisotopic (exact) mass is 229 g/mol. The number of sulfonamides is 1. The van der Waals surface area contributed by atoms with Gasteiger partial charge in [-0.25, -0.2) is 13.6 Å². The zero-order chi connectivity index (χ0) is 11.5. The number of primary sulfonamides is 1. The van der Waals surface area contributed by atoms with E-state index >= 15 is 0 Å². The Morgan fingerprint density at radius 2 is 2.07 bits per heavy atom. The van der Waals surface area contributed by atoms with Gasteiger partial charge in [-0.15, -0.1) is 0 Å². The Balaban J connectivity index is 2.99. The highest BCUT2D eigenvalue weighted by Crippen LogP contribution is 2.21. The van der Waals surface area contributed by atoms with E-state index in [4.69, 9.17) is 10.9 Å². The fourth-order valence-corrected chi connectivity index (χ4v) is 1.83. The number of anilines is 2. The molecule has 6 heteroatoms. The molecule has 0 aliphatic rings. The molecule has 0 aliphatic heterocycles. The van der Waals surface area contributed by atoms with Gasteiger partial charge in [-0.3, -0.25) is 0 Å². The number of benzene rings is 1. The number of rotatable bonds is 4. The topological polar surface area (TPSA) is 98.2 Å². The van der Waals surface area contributed by atoms with Crippen LogP contribution in [0.4, 0.5) is 11.4 Å². The number of hydrogen-bond donors (Lipinski definition) is 3. The second kappa shape index (κ2) is 4.50. The van der Waals surface area contributed by atoms with Crippen molar-refractivity contribution in [2.75, 3.05) is 17.6 Å². The third kappa shape index (κ3) is 3.10. The summed E-state index contributed by atoms with van der Waals surface area (Å²) in [5, 5.41) is 8.08. The van der Waals surface area contributed by atoms with Gasteiger partial charge in [-0.1, -0.05) is 6.92 Å². The summed E-state index contributed by atoms with van der Waals surface area (Å²) in [5.41, 5.74) is 6.54. The van der Waals surface area contributed by atoms with Gasteiger partial charge in [0.05, 0.1) is 5.69 Å². The van der Waals surface area contributed by atoms with Crippen LogP contribution >= 0.6 is 0 Å². The zero-order valence-electron chi connectivity index (χ0n) is 8.53. The van der Waals surface area contributed by atoms with Gasteiger partial charge in [0.25, 0.3) is 0 Å². The van der Waals surface area contributed by atoms with Crippen molar-refractivity contribution in [3.8, 4) is 0 Å². The van der Waals surface area contributed by atoms with Gasteiger partial charge in [-0.05, 0) is 24.6 Å². The highest BCUT2D eigenvalue weighted by Gasteiger charge is 2.11. The summed E-state index contributed by atoms with van der Waals surface area (Å²) in [6.45, 7) is 2.85. The maximum Gasteiger partial charge on any atom is 0.240 e. The van der Waals surface area contributed by atoms with Gasteiger partial charge in [-0.2, -0.15) is 0 Å². The van der Waals surface area contributed by atoms with Crippen molar-refractivity contribution in [3.63, 3.8) is 0 Å². The van der Waals surface area contributed by atoms with E-state index in [1.54, 1.807) is 12.1 Å². The van der Waals surface area contributed by atoms with E-state index in [9.17, 15) is 8.42 Å². The molecule has 0 saturated heterocycles. The highest BCUT2D eigenvalue weighted by molar-refractivity contribution is 7.89. The van der Waals surface area contributed by atoms with Crippen molar-refractivity contribution < 1.29 is 8.42 Å². The van der Waals surface area contributed by atoms with Crippen molar-refractivity contribution in [2.45, 2.75) is 18.2 Å². The number of nitrogen functional groups attached to an aromatic ring is 1. The zero-order valence-corrected chi connectivity index (χ0v) is 9.34. The average molecular weight is 229 g/mol. The molecule has 1 aromatic rings. The van der Waals surface area contributed by atoms with E-state index in [1.807, 2.05) is 6.92 Å². The Bertz CT molecular complexity index is 443. The molecule has 0 bridgehead atoms. The largest absolute Gasteiger partial charge is 0.398 e. The first-order chi connectivity index (χ1) is 6.95. The number of hydrogen-bond acceptors (Lipinski definition) is 4. The molecule has 0 spiro atoms. The maximum atomic E-state index is 11.1. The van der Waals surface area contributed by atoms with Gasteiger partial charge in [0.2, 0.25) is 10.0 Å². The van der Waals surface area contributed by atoms with Crippen molar-refractivity contribution >= 4 is 21.4 Å². The van der Waals surface area contributed by atoms with Crippen LogP contribution in [0.25, 0.3) is 0 Å². The van der Waals surface area contributed by atoms with E-state index < -0.39 is 10.0 Å². The molecule has 0 aromatic heterocycles. The predicted octanol–water partition coefficient (Wildman–Crippen LogP) is 0.738. The third-order valence-electron chi connectivity index (χ3n) is 1.90. The lowest BCUT2D eigenvalue weighted by Crippen LogP contribution is -2.14. The Labute approximate surface area is 89.5 Å². The van der Waals surface area contributed by atoms with Crippen molar-refractivity contribution in [2.24, 2.45) is 5.14 Å². The molecular weight excluding hydrogens is 214 g/mol. The molecule has 5 N–H and O–H groups in total. The molecule has 0 atom stereocenters. The fourth-order valence-electron chi connectivity index (χ4n) is 1.19. The van der Waals surface area contributed by atoms with Crippen LogP contribution < -0.4 is 16.2 Å². The van der Waals surface area contributed by atoms with Gasteiger partial charge in [0.1, 0.15) is 4.90 Å². The van der Waals surface area contributed by atoms with Crippen LogP contribution in [0.3, 0.4) is 0 Å². The summed E-state index contributed by atoms with van der Waals surface area (Å²) in [6, 6.07) is 4.61. The minimum Gasteiger partial charge on any atom is -0.398 e. The lowest BCUT2D eigenvalue weighted by Gasteiger charge is -2.08. The minimum absolute atomic E-state index is 0.0375. The van der Waals surface area contributed by atoms with Gasteiger partial charge >= 0.3 is 0 Å². The molecule has 15 heavy (non-hydrogen) atoms. The lowest BCUT2D eigenvalue weighted by molar-refractivity contribution is 0.598. The van der Waals surface area contributed by atoms with Crippen LogP contribution in [0.15, 0.2) is 23.1 Å². The average Bonchev–Trinajstić information content (AvgIpc) is 2.12. The second-order valence-corrected chi connectivity index (χ2v) is 4.75. The van der Waals surface area contributed by atoms with E-state index in [2.05, 4.69) is 5.32 Å². The van der Waals surface area contributed by atoms with E-state index in [1.165, 1.54) is 6.07 Å². The third-order valence-corrected chi connectivity index (χ3v) is 2.88. The standard InChI is InChI=1S/C9H15N3O2S/c1-2-5-12-7-3-4-9(8(10)6-7)15(11,13)14/h3-4,6,12H,2,5,10H2,1H3,(H2,11,13,14).